The zero-order chi connectivity index (χ0) is 11.8. The lowest BCUT2D eigenvalue weighted by atomic mass is 9.89. The summed E-state index contributed by atoms with van der Waals surface area (Å²) in [5, 5.41) is 3.84. The van der Waals surface area contributed by atoms with E-state index in [1.165, 1.54) is 25.7 Å². The zero-order valence-electron chi connectivity index (χ0n) is 9.82. The Labute approximate surface area is 107 Å². The Kier molecular flexibility index (Phi) is 2.87. The monoisotopic (exact) mass is 251 g/mol. The van der Waals surface area contributed by atoms with E-state index in [0.717, 1.165) is 30.1 Å². The molecule has 1 heterocycles. The van der Waals surface area contributed by atoms with Crippen LogP contribution in [0.2, 0.25) is 5.15 Å². The van der Waals surface area contributed by atoms with Gasteiger partial charge in [-0.1, -0.05) is 18.0 Å². The summed E-state index contributed by atoms with van der Waals surface area (Å²) in [5.74, 6) is 3.54. The molecule has 2 saturated carbocycles. The summed E-state index contributed by atoms with van der Waals surface area (Å²) >= 11 is 5.88. The molecular weight excluding hydrogens is 234 g/mol. The van der Waals surface area contributed by atoms with Gasteiger partial charge in [0.05, 0.1) is 0 Å². The Morgan fingerprint density at radius 1 is 1.35 bits per heavy atom. The lowest BCUT2D eigenvalue weighted by molar-refractivity contribution is 0.348. The standard InChI is InChI=1S/C13H18ClN3/c14-12-5-11(15)6-13(17-12)16-7-10-4-8-1-2-9(10)3-8/h5-6,8-10H,1-4,7H2,(H3,15,16,17). The molecule has 2 fully saturated rings. The number of nitrogen functional groups attached to an aromatic ring is 1. The van der Waals surface area contributed by atoms with Crippen LogP contribution in [0.5, 0.6) is 0 Å². The molecule has 3 unspecified atom stereocenters. The first-order valence-corrected chi connectivity index (χ1v) is 6.75. The number of halogens is 1. The Bertz CT molecular complexity index is 401. The van der Waals surface area contributed by atoms with Crippen LogP contribution in [0.3, 0.4) is 0 Å². The number of fused-ring (bicyclic) bond motifs is 2. The van der Waals surface area contributed by atoms with Gasteiger partial charge in [0.25, 0.3) is 0 Å². The van der Waals surface area contributed by atoms with E-state index >= 15 is 0 Å². The molecule has 17 heavy (non-hydrogen) atoms. The third-order valence-corrected chi connectivity index (χ3v) is 4.44. The molecule has 1 aromatic heterocycles. The summed E-state index contributed by atoms with van der Waals surface area (Å²) in [7, 11) is 0. The number of nitrogens with zero attached hydrogens (tertiary/aromatic N) is 1. The number of pyridine rings is 1. The van der Waals surface area contributed by atoms with Gasteiger partial charge in [0.1, 0.15) is 11.0 Å². The van der Waals surface area contributed by atoms with E-state index in [1.54, 1.807) is 6.07 Å². The molecule has 0 amide bonds. The highest BCUT2D eigenvalue weighted by Gasteiger charge is 2.39. The fourth-order valence-electron chi connectivity index (χ4n) is 3.47. The van der Waals surface area contributed by atoms with E-state index in [1.807, 2.05) is 6.07 Å². The number of hydrogen-bond acceptors (Lipinski definition) is 3. The van der Waals surface area contributed by atoms with Gasteiger partial charge in [0.15, 0.2) is 0 Å². The van der Waals surface area contributed by atoms with Crippen LogP contribution in [0.1, 0.15) is 25.7 Å². The van der Waals surface area contributed by atoms with Gasteiger partial charge in [-0.05, 0) is 43.1 Å². The fourth-order valence-corrected chi connectivity index (χ4v) is 3.69. The molecule has 0 aromatic carbocycles. The molecule has 3 atom stereocenters. The van der Waals surface area contributed by atoms with Crippen LogP contribution >= 0.6 is 11.6 Å². The van der Waals surface area contributed by atoms with E-state index in [-0.39, 0.29) is 0 Å². The molecule has 1 aromatic rings. The Balaban J connectivity index is 1.60. The van der Waals surface area contributed by atoms with Crippen molar-refractivity contribution >= 4 is 23.1 Å². The molecule has 2 aliphatic rings. The van der Waals surface area contributed by atoms with Crippen molar-refractivity contribution in [2.75, 3.05) is 17.6 Å². The predicted octanol–water partition coefficient (Wildman–Crippen LogP) is 3.17. The van der Waals surface area contributed by atoms with Gasteiger partial charge in [-0.3, -0.25) is 0 Å². The van der Waals surface area contributed by atoms with Crippen LogP contribution in [-0.2, 0) is 0 Å². The van der Waals surface area contributed by atoms with Gasteiger partial charge >= 0.3 is 0 Å². The van der Waals surface area contributed by atoms with E-state index in [4.69, 9.17) is 17.3 Å². The van der Waals surface area contributed by atoms with Gasteiger partial charge in [0, 0.05) is 18.3 Å². The van der Waals surface area contributed by atoms with Crippen molar-refractivity contribution < 1.29 is 0 Å². The smallest absolute Gasteiger partial charge is 0.133 e. The van der Waals surface area contributed by atoms with Crippen molar-refractivity contribution in [3.05, 3.63) is 17.3 Å². The zero-order valence-corrected chi connectivity index (χ0v) is 10.6. The molecule has 3 N–H and O–H groups in total. The van der Waals surface area contributed by atoms with Crippen molar-refractivity contribution in [1.82, 2.24) is 4.98 Å². The van der Waals surface area contributed by atoms with E-state index in [9.17, 15) is 0 Å². The predicted molar refractivity (Wildman–Crippen MR) is 71.1 cm³/mol. The maximum atomic E-state index is 5.88. The molecular formula is C13H18ClN3. The van der Waals surface area contributed by atoms with Crippen LogP contribution in [-0.4, -0.2) is 11.5 Å². The van der Waals surface area contributed by atoms with E-state index < -0.39 is 0 Å². The SMILES string of the molecule is Nc1cc(Cl)nc(NCC2CC3CCC2C3)c1. The number of nitrogens with one attached hydrogen (secondary N) is 1. The van der Waals surface area contributed by atoms with E-state index in [2.05, 4.69) is 10.3 Å². The maximum absolute atomic E-state index is 5.88. The van der Waals surface area contributed by atoms with Crippen molar-refractivity contribution in [1.29, 1.82) is 0 Å². The molecule has 2 aliphatic carbocycles. The molecule has 3 rings (SSSR count). The molecule has 92 valence electrons. The van der Waals surface area contributed by atoms with Crippen molar-refractivity contribution in [3.8, 4) is 0 Å². The third-order valence-electron chi connectivity index (χ3n) is 4.25. The first-order chi connectivity index (χ1) is 8.20. The van der Waals surface area contributed by atoms with Gasteiger partial charge in [-0.2, -0.15) is 0 Å². The Morgan fingerprint density at radius 2 is 2.24 bits per heavy atom. The second-order valence-electron chi connectivity index (χ2n) is 5.42. The number of nitrogens with two attached hydrogens (primary N) is 1. The van der Waals surface area contributed by atoms with E-state index in [0.29, 0.717) is 10.8 Å². The minimum atomic E-state index is 0.459. The normalized spacial score (nSPS) is 30.8. The maximum Gasteiger partial charge on any atom is 0.133 e. The van der Waals surface area contributed by atoms with Crippen LogP contribution in [0, 0.1) is 17.8 Å². The fraction of sp³-hybridized carbons (Fsp3) is 0.615. The molecule has 0 aliphatic heterocycles. The summed E-state index contributed by atoms with van der Waals surface area (Å²) in [6, 6.07) is 3.52. The summed E-state index contributed by atoms with van der Waals surface area (Å²) in [6.45, 7) is 1.01. The topological polar surface area (TPSA) is 50.9 Å². The second-order valence-corrected chi connectivity index (χ2v) is 5.81. The third kappa shape index (κ3) is 2.34. The first-order valence-electron chi connectivity index (χ1n) is 6.37. The number of rotatable bonds is 3. The van der Waals surface area contributed by atoms with Gasteiger partial charge in [0.2, 0.25) is 0 Å². The summed E-state index contributed by atoms with van der Waals surface area (Å²) in [5.41, 5.74) is 6.41. The van der Waals surface area contributed by atoms with Crippen molar-refractivity contribution in [3.63, 3.8) is 0 Å². The van der Waals surface area contributed by atoms with Gasteiger partial charge in [-0.15, -0.1) is 0 Å². The molecule has 4 heteroatoms. The van der Waals surface area contributed by atoms with Gasteiger partial charge < -0.3 is 11.1 Å². The molecule has 0 saturated heterocycles. The Morgan fingerprint density at radius 3 is 2.88 bits per heavy atom. The summed E-state index contributed by atoms with van der Waals surface area (Å²) in [4.78, 5) is 4.23. The van der Waals surface area contributed by atoms with Crippen LogP contribution in [0.4, 0.5) is 11.5 Å². The average molecular weight is 252 g/mol. The molecule has 0 spiro atoms. The lowest BCUT2D eigenvalue weighted by Crippen LogP contribution is -2.20. The first kappa shape index (κ1) is 11.1. The largest absolute Gasteiger partial charge is 0.399 e. The molecule has 2 bridgehead atoms. The minimum Gasteiger partial charge on any atom is -0.399 e. The molecule has 0 radical (unpaired) electrons. The highest BCUT2D eigenvalue weighted by atomic mass is 35.5. The highest BCUT2D eigenvalue weighted by Crippen LogP contribution is 2.48. The Hall–Kier alpha value is -0.960. The van der Waals surface area contributed by atoms with Crippen LogP contribution < -0.4 is 11.1 Å². The number of aromatic nitrogens is 1. The molecule has 3 nitrogen and oxygen atoms in total. The van der Waals surface area contributed by atoms with Gasteiger partial charge in [-0.25, -0.2) is 4.98 Å². The van der Waals surface area contributed by atoms with Crippen molar-refractivity contribution in [2.45, 2.75) is 25.7 Å². The summed E-state index contributed by atoms with van der Waals surface area (Å²) < 4.78 is 0. The lowest BCUT2D eigenvalue weighted by Gasteiger charge is -2.22. The minimum absolute atomic E-state index is 0.459. The van der Waals surface area contributed by atoms with Crippen LogP contribution in [0.25, 0.3) is 0 Å². The number of hydrogen-bond donors (Lipinski definition) is 2. The quantitative estimate of drug-likeness (QED) is 0.812. The van der Waals surface area contributed by atoms with Crippen LogP contribution in [0.15, 0.2) is 12.1 Å². The summed E-state index contributed by atoms with van der Waals surface area (Å²) in [6.07, 6.45) is 5.69. The average Bonchev–Trinajstić information content (AvgIpc) is 2.86. The highest BCUT2D eigenvalue weighted by molar-refractivity contribution is 6.29. The van der Waals surface area contributed by atoms with Crippen molar-refractivity contribution in [2.24, 2.45) is 17.8 Å². The second kappa shape index (κ2) is 4.37. The number of anilines is 2.